The van der Waals surface area contributed by atoms with E-state index < -0.39 is 24.3 Å². The highest BCUT2D eigenvalue weighted by Gasteiger charge is 2.38. The van der Waals surface area contributed by atoms with E-state index in [1.165, 1.54) is 19.3 Å². The predicted molar refractivity (Wildman–Crippen MR) is 107 cm³/mol. The summed E-state index contributed by atoms with van der Waals surface area (Å²) < 4.78 is 31.7. The minimum atomic E-state index is -5.08. The molecule has 1 aliphatic heterocycles. The van der Waals surface area contributed by atoms with Crippen LogP contribution in [0.5, 0.6) is 0 Å². The van der Waals surface area contributed by atoms with Gasteiger partial charge in [-0.3, -0.25) is 9.59 Å². The maximum absolute atomic E-state index is 12.2. The van der Waals surface area contributed by atoms with Crippen molar-refractivity contribution in [1.82, 2.24) is 15.5 Å². The summed E-state index contributed by atoms with van der Waals surface area (Å²) in [4.78, 5) is 34.1. The second-order valence-corrected chi connectivity index (χ2v) is 8.23. The first kappa shape index (κ1) is 27.2. The molecule has 8 nitrogen and oxygen atoms in total. The molecule has 1 heterocycles. The Morgan fingerprint density at radius 1 is 1.13 bits per heavy atom. The molecule has 31 heavy (non-hydrogen) atoms. The van der Waals surface area contributed by atoms with E-state index >= 15 is 0 Å². The summed E-state index contributed by atoms with van der Waals surface area (Å²) >= 11 is 0. The number of hydrogen-bond acceptors (Lipinski definition) is 5. The largest absolute Gasteiger partial charge is 0.490 e. The molecule has 1 aliphatic carbocycles. The van der Waals surface area contributed by atoms with Crippen molar-refractivity contribution >= 4 is 18.3 Å². The molecule has 11 heteroatoms. The lowest BCUT2D eigenvalue weighted by molar-refractivity contribution is -0.192. The summed E-state index contributed by atoms with van der Waals surface area (Å²) in [6, 6.07) is -0.497. The maximum atomic E-state index is 12.2. The number of carboxylic acid groups (broad SMARTS) is 1. The monoisotopic (exact) mass is 453 g/mol. The zero-order chi connectivity index (χ0) is 23.4. The van der Waals surface area contributed by atoms with E-state index in [1.807, 2.05) is 0 Å². The van der Waals surface area contributed by atoms with Crippen LogP contribution in [0.2, 0.25) is 0 Å². The summed E-state index contributed by atoms with van der Waals surface area (Å²) in [5, 5.41) is 23.6. The summed E-state index contributed by atoms with van der Waals surface area (Å²) in [6.07, 6.45) is 2.63. The molecule has 0 radical (unpaired) electrons. The van der Waals surface area contributed by atoms with Gasteiger partial charge in [-0.25, -0.2) is 4.79 Å². The minimum absolute atomic E-state index is 0.356. The molecule has 2 atom stereocenters. The maximum Gasteiger partial charge on any atom is 0.490 e. The van der Waals surface area contributed by atoms with E-state index in [0.29, 0.717) is 24.9 Å². The molecule has 4 N–H and O–H groups in total. The number of carbonyl (C=O) groups is 3. The van der Waals surface area contributed by atoms with Crippen molar-refractivity contribution < 1.29 is 37.8 Å². The molecule has 2 amide bonds. The third kappa shape index (κ3) is 10.3. The van der Waals surface area contributed by atoms with Gasteiger partial charge in [-0.15, -0.1) is 0 Å². The predicted octanol–water partition coefficient (Wildman–Crippen LogP) is 1.52. The quantitative estimate of drug-likeness (QED) is 0.414. The van der Waals surface area contributed by atoms with Gasteiger partial charge in [0.1, 0.15) is 0 Å². The Morgan fingerprint density at radius 2 is 1.68 bits per heavy atom. The van der Waals surface area contributed by atoms with E-state index in [0.717, 1.165) is 45.2 Å². The van der Waals surface area contributed by atoms with Crippen LogP contribution in [0.15, 0.2) is 0 Å². The van der Waals surface area contributed by atoms with Crippen LogP contribution in [-0.2, 0) is 14.4 Å². The number of carbonyl (C=O) groups excluding carboxylic acids is 2. The molecule has 2 aliphatic rings. The Morgan fingerprint density at radius 3 is 2.16 bits per heavy atom. The highest BCUT2D eigenvalue weighted by Crippen LogP contribution is 2.23. The second-order valence-electron chi connectivity index (χ2n) is 8.23. The summed E-state index contributed by atoms with van der Waals surface area (Å²) in [6.45, 7) is 4.93. The van der Waals surface area contributed by atoms with Crippen molar-refractivity contribution in [2.75, 3.05) is 26.2 Å². The zero-order valence-electron chi connectivity index (χ0n) is 17.9. The Labute approximate surface area is 180 Å². The number of amides is 2. The number of carboxylic acids is 1. The summed E-state index contributed by atoms with van der Waals surface area (Å²) in [5.41, 5.74) is 0. The molecule has 180 valence electrons. The fourth-order valence-corrected chi connectivity index (χ4v) is 3.81. The van der Waals surface area contributed by atoms with Gasteiger partial charge in [0, 0.05) is 13.1 Å². The number of halogens is 3. The molecule has 0 aromatic carbocycles. The number of piperidine rings is 1. The number of alkyl halides is 3. The fraction of sp³-hybridized carbons (Fsp3) is 0.850. The molecule has 2 rings (SSSR count). The molecular weight excluding hydrogens is 419 g/mol. The Kier molecular flexibility index (Phi) is 11.8. The number of rotatable bonds is 8. The first-order chi connectivity index (χ1) is 14.6. The first-order valence-electron chi connectivity index (χ1n) is 10.7. The Balaban J connectivity index is 0.000000592. The lowest BCUT2D eigenvalue weighted by Gasteiger charge is -2.33. The van der Waals surface area contributed by atoms with Gasteiger partial charge < -0.3 is 25.7 Å². The van der Waals surface area contributed by atoms with Crippen molar-refractivity contribution in [2.45, 2.75) is 70.2 Å². The minimum Gasteiger partial charge on any atom is -0.475 e. The third-order valence-corrected chi connectivity index (χ3v) is 5.84. The molecule has 1 saturated carbocycles. The third-order valence-electron chi connectivity index (χ3n) is 5.84. The van der Waals surface area contributed by atoms with E-state index in [2.05, 4.69) is 10.6 Å². The van der Waals surface area contributed by atoms with Crippen LogP contribution in [0, 0.1) is 11.8 Å². The second kappa shape index (κ2) is 13.5. The van der Waals surface area contributed by atoms with Crippen molar-refractivity contribution in [3.63, 3.8) is 0 Å². The van der Waals surface area contributed by atoms with Gasteiger partial charge in [0.25, 0.3) is 5.91 Å². The molecule has 0 aromatic heterocycles. The number of nitrogens with one attached hydrogen (secondary N) is 2. The van der Waals surface area contributed by atoms with Crippen molar-refractivity contribution in [2.24, 2.45) is 11.8 Å². The molecule has 0 bridgehead atoms. The van der Waals surface area contributed by atoms with E-state index in [4.69, 9.17) is 9.90 Å². The standard InChI is InChI=1S/C18H33N3O3.C2HF3O2/c1-14(21(13-22)12-16-7-9-19-10-8-16)17(23)18(24)20-11-15-5-3-2-4-6-15;3-2(4,5)1(6)7/h13-17,19,23H,2-12H2,1H3,(H,20,24);(H,6,7). The van der Waals surface area contributed by atoms with Gasteiger partial charge in [0.15, 0.2) is 6.10 Å². The van der Waals surface area contributed by atoms with E-state index in [9.17, 15) is 27.9 Å². The number of aliphatic hydroxyl groups is 1. The zero-order valence-corrected chi connectivity index (χ0v) is 17.9. The molecular formula is C20H34F3N3O5. The fourth-order valence-electron chi connectivity index (χ4n) is 3.81. The van der Waals surface area contributed by atoms with Gasteiger partial charge in [0.2, 0.25) is 6.41 Å². The van der Waals surface area contributed by atoms with Crippen LogP contribution < -0.4 is 10.6 Å². The van der Waals surface area contributed by atoms with Crippen molar-refractivity contribution in [1.29, 1.82) is 0 Å². The highest BCUT2D eigenvalue weighted by atomic mass is 19.4. The highest BCUT2D eigenvalue weighted by molar-refractivity contribution is 5.81. The lowest BCUT2D eigenvalue weighted by Crippen LogP contribution is -2.51. The van der Waals surface area contributed by atoms with Gasteiger partial charge in [0.05, 0.1) is 6.04 Å². The molecule has 1 saturated heterocycles. The number of aliphatic hydroxyl groups excluding tert-OH is 1. The van der Waals surface area contributed by atoms with E-state index in [-0.39, 0.29) is 5.91 Å². The lowest BCUT2D eigenvalue weighted by atomic mass is 9.89. The van der Waals surface area contributed by atoms with Gasteiger partial charge in [-0.2, -0.15) is 13.2 Å². The van der Waals surface area contributed by atoms with Crippen LogP contribution in [0.25, 0.3) is 0 Å². The van der Waals surface area contributed by atoms with Crippen molar-refractivity contribution in [3.05, 3.63) is 0 Å². The number of hydrogen-bond donors (Lipinski definition) is 4. The average molecular weight is 454 g/mol. The van der Waals surface area contributed by atoms with Gasteiger partial charge in [-0.1, -0.05) is 19.3 Å². The summed E-state index contributed by atoms with van der Waals surface area (Å²) in [5.74, 6) is -2.14. The van der Waals surface area contributed by atoms with Crippen LogP contribution >= 0.6 is 0 Å². The van der Waals surface area contributed by atoms with Gasteiger partial charge in [-0.05, 0) is 57.5 Å². The van der Waals surface area contributed by atoms with E-state index in [1.54, 1.807) is 11.8 Å². The number of aliphatic carboxylic acids is 1. The summed E-state index contributed by atoms with van der Waals surface area (Å²) in [7, 11) is 0. The van der Waals surface area contributed by atoms with Gasteiger partial charge >= 0.3 is 12.1 Å². The van der Waals surface area contributed by atoms with Crippen LogP contribution in [0.1, 0.15) is 51.9 Å². The normalized spacial score (nSPS) is 20.0. The Bertz CT molecular complexity index is 565. The average Bonchev–Trinajstić information content (AvgIpc) is 2.76. The molecule has 2 fully saturated rings. The molecule has 0 aromatic rings. The van der Waals surface area contributed by atoms with Crippen molar-refractivity contribution in [3.8, 4) is 0 Å². The Hall–Kier alpha value is -1.88. The first-order valence-corrected chi connectivity index (χ1v) is 10.7. The van der Waals surface area contributed by atoms with Crippen LogP contribution in [0.3, 0.4) is 0 Å². The molecule has 0 spiro atoms. The topological polar surface area (TPSA) is 119 Å². The molecule has 2 unspecified atom stereocenters. The number of nitrogens with zero attached hydrogens (tertiary/aromatic N) is 1. The van der Waals surface area contributed by atoms with Crippen LogP contribution in [-0.4, -0.2) is 77.9 Å². The van der Waals surface area contributed by atoms with Crippen LogP contribution in [0.4, 0.5) is 13.2 Å². The SMILES string of the molecule is CC(C(O)C(=O)NCC1CCCCC1)N(C=O)CC1CCNCC1.O=C(O)C(F)(F)F. The smallest absolute Gasteiger partial charge is 0.475 e.